The molecule has 76 valence electrons. The highest BCUT2D eigenvalue weighted by molar-refractivity contribution is 5.80. The van der Waals surface area contributed by atoms with Gasteiger partial charge in [0, 0.05) is 11.0 Å². The first kappa shape index (κ1) is 9.20. The van der Waals surface area contributed by atoms with Gasteiger partial charge in [0.15, 0.2) is 11.2 Å². The topological polar surface area (TPSA) is 80.7 Å². The highest BCUT2D eigenvalue weighted by atomic mass is 16.5. The van der Waals surface area contributed by atoms with Crippen LogP contribution in [-0.2, 0) is 0 Å². The summed E-state index contributed by atoms with van der Waals surface area (Å²) in [7, 11) is 0. The van der Waals surface area contributed by atoms with Gasteiger partial charge in [0.05, 0.1) is 10.6 Å². The number of nitrogens with zero attached hydrogens (tertiary/aromatic N) is 3. The Kier molecular flexibility index (Phi) is 2.09. The van der Waals surface area contributed by atoms with Gasteiger partial charge in [-0.2, -0.15) is 4.73 Å². The Morgan fingerprint density at radius 1 is 1.40 bits per heavy atom. The summed E-state index contributed by atoms with van der Waals surface area (Å²) in [6, 6.07) is 6.54. The highest BCUT2D eigenvalue weighted by Crippen LogP contribution is 2.08. The van der Waals surface area contributed by atoms with Crippen molar-refractivity contribution in [2.24, 2.45) is 5.16 Å². The predicted octanol–water partition coefficient (Wildman–Crippen LogP) is 0.601. The lowest BCUT2D eigenvalue weighted by molar-refractivity contribution is -0.465. The molecule has 6 heteroatoms. The largest absolute Gasteiger partial charge is 0.427 e. The molecule has 0 aliphatic heterocycles. The van der Waals surface area contributed by atoms with E-state index < -0.39 is 0 Å². The minimum atomic E-state index is 0.0891. The molecule has 2 aromatic rings. The molecule has 0 saturated heterocycles. The third-order valence-electron chi connectivity index (χ3n) is 2.03. The molecule has 0 aliphatic rings. The molecular weight excluding hydrogens is 198 g/mol. The van der Waals surface area contributed by atoms with Crippen LogP contribution in [0.1, 0.15) is 5.69 Å². The van der Waals surface area contributed by atoms with Crippen LogP contribution in [0.4, 0.5) is 0 Å². The van der Waals surface area contributed by atoms with E-state index in [-0.39, 0.29) is 5.69 Å². The molecule has 0 unspecified atom stereocenters. The molecular formula is C9H8N3O3+. The predicted molar refractivity (Wildman–Crippen MR) is 51.9 cm³/mol. The van der Waals surface area contributed by atoms with Crippen LogP contribution < -0.4 is 4.43 Å². The smallest absolute Gasteiger partial charge is 0.289 e. The summed E-state index contributed by atoms with van der Waals surface area (Å²) in [6.07, 6.45) is 2.09. The lowest BCUT2D eigenvalue weighted by Gasteiger charge is -2.00. The third kappa shape index (κ3) is 1.41. The third-order valence-corrected chi connectivity index (χ3v) is 2.03. The van der Waals surface area contributed by atoms with E-state index >= 15 is 0 Å². The summed E-state index contributed by atoms with van der Waals surface area (Å²) in [4.78, 5) is 11.5. The van der Waals surface area contributed by atoms with Gasteiger partial charge in [0.2, 0.25) is 0 Å². The van der Waals surface area contributed by atoms with Crippen molar-refractivity contribution in [2.75, 3.05) is 0 Å². The molecule has 0 atom stereocenters. The summed E-state index contributed by atoms with van der Waals surface area (Å²) >= 11 is 0. The number of fused-ring (bicyclic) bond motifs is 1. The average molecular weight is 206 g/mol. The van der Waals surface area contributed by atoms with Gasteiger partial charge >= 0.3 is 0 Å². The van der Waals surface area contributed by atoms with Crippen LogP contribution in [0.5, 0.6) is 0 Å². The summed E-state index contributed by atoms with van der Waals surface area (Å²) in [6.45, 7) is 0. The zero-order chi connectivity index (χ0) is 10.8. The van der Waals surface area contributed by atoms with Crippen molar-refractivity contribution < 1.29 is 14.8 Å². The first-order valence-corrected chi connectivity index (χ1v) is 4.17. The summed E-state index contributed by atoms with van der Waals surface area (Å²) in [5, 5.41) is 20.8. The second kappa shape index (κ2) is 3.41. The molecule has 0 fully saturated rings. The van der Waals surface area contributed by atoms with Crippen molar-refractivity contribution in [1.29, 1.82) is 0 Å². The van der Waals surface area contributed by atoms with E-state index in [0.29, 0.717) is 15.5 Å². The lowest BCUT2D eigenvalue weighted by Crippen LogP contribution is -2.20. The number of hydrogen-bond acceptors (Lipinski definition) is 4. The zero-order valence-corrected chi connectivity index (χ0v) is 7.61. The molecule has 0 amide bonds. The minimum Gasteiger partial charge on any atom is -0.427 e. The Hall–Kier alpha value is -2.37. The van der Waals surface area contributed by atoms with E-state index in [2.05, 4.69) is 5.16 Å². The number of aromatic nitrogens is 2. The van der Waals surface area contributed by atoms with Gasteiger partial charge in [-0.25, -0.2) is 0 Å². The lowest BCUT2D eigenvalue weighted by atomic mass is 10.3. The maximum absolute atomic E-state index is 11.5. The number of hydrogen-bond donors (Lipinski definition) is 2. The van der Waals surface area contributed by atoms with Crippen LogP contribution in [0.2, 0.25) is 0 Å². The van der Waals surface area contributed by atoms with Gasteiger partial charge in [0.1, 0.15) is 0 Å². The van der Waals surface area contributed by atoms with Crippen LogP contribution in [0, 0.1) is 4.91 Å². The fourth-order valence-corrected chi connectivity index (χ4v) is 1.36. The second-order valence-corrected chi connectivity index (χ2v) is 2.92. The highest BCUT2D eigenvalue weighted by Gasteiger charge is 2.13. The van der Waals surface area contributed by atoms with E-state index in [0.717, 1.165) is 17.1 Å². The van der Waals surface area contributed by atoms with Crippen molar-refractivity contribution in [3.05, 3.63) is 41.1 Å². The molecule has 6 nitrogen and oxygen atoms in total. The standard InChI is InChI=1S/C9H7N3O3/c13-10-5-7-6-11(14)8-3-1-2-4-9(8)12(7)15/h1-6,15H/p+1. The molecule has 0 saturated carbocycles. The number of para-hydroxylation sites is 2. The van der Waals surface area contributed by atoms with Crippen LogP contribution in [0.3, 0.4) is 0 Å². The SMILES string of the molecule is O=[n+]1cc(C=NO)n(O)c2ccccc21. The van der Waals surface area contributed by atoms with Crippen molar-refractivity contribution in [3.63, 3.8) is 0 Å². The molecule has 15 heavy (non-hydrogen) atoms. The van der Waals surface area contributed by atoms with Crippen LogP contribution in [0.25, 0.3) is 11.0 Å². The Morgan fingerprint density at radius 3 is 2.87 bits per heavy atom. The first-order chi connectivity index (χ1) is 7.24. The quantitative estimate of drug-likeness (QED) is 0.236. The van der Waals surface area contributed by atoms with Crippen LogP contribution in [-0.4, -0.2) is 21.4 Å². The van der Waals surface area contributed by atoms with Gasteiger partial charge in [-0.05, 0) is 6.07 Å². The van der Waals surface area contributed by atoms with Crippen LogP contribution in [0.15, 0.2) is 35.6 Å². The molecule has 1 heterocycles. The number of benzene rings is 1. The Labute approximate surface area is 83.9 Å². The molecule has 2 rings (SSSR count). The van der Waals surface area contributed by atoms with E-state index in [1.54, 1.807) is 24.3 Å². The number of rotatable bonds is 1. The zero-order valence-electron chi connectivity index (χ0n) is 7.61. The van der Waals surface area contributed by atoms with Gasteiger partial charge in [-0.3, -0.25) is 0 Å². The second-order valence-electron chi connectivity index (χ2n) is 2.92. The van der Waals surface area contributed by atoms with Gasteiger partial charge in [-0.1, -0.05) is 17.3 Å². The molecule has 0 spiro atoms. The molecule has 0 aliphatic carbocycles. The Balaban J connectivity index is 2.90. The maximum Gasteiger partial charge on any atom is 0.289 e. The summed E-state index contributed by atoms with van der Waals surface area (Å²) in [5.74, 6) is 0. The summed E-state index contributed by atoms with van der Waals surface area (Å²) in [5.41, 5.74) is 0.756. The molecule has 2 N–H and O–H groups in total. The minimum absolute atomic E-state index is 0.0891. The normalized spacial score (nSPS) is 11.2. The van der Waals surface area contributed by atoms with E-state index in [4.69, 9.17) is 5.21 Å². The molecule has 0 bridgehead atoms. The van der Waals surface area contributed by atoms with Gasteiger partial charge in [0.25, 0.3) is 11.7 Å². The fraction of sp³-hybridized carbons (Fsp3) is 0. The monoisotopic (exact) mass is 206 g/mol. The van der Waals surface area contributed by atoms with Crippen LogP contribution >= 0.6 is 0 Å². The van der Waals surface area contributed by atoms with Crippen molar-refractivity contribution in [3.8, 4) is 0 Å². The average Bonchev–Trinajstić information content (AvgIpc) is 2.26. The van der Waals surface area contributed by atoms with E-state index in [9.17, 15) is 10.1 Å². The summed E-state index contributed by atoms with van der Waals surface area (Å²) < 4.78 is 1.38. The van der Waals surface area contributed by atoms with E-state index in [1.165, 1.54) is 0 Å². The maximum atomic E-state index is 11.5. The molecule has 0 radical (unpaired) electrons. The number of oxime groups is 1. The van der Waals surface area contributed by atoms with E-state index in [1.807, 2.05) is 0 Å². The molecule has 1 aromatic heterocycles. The molecule has 1 aromatic carbocycles. The fourth-order valence-electron chi connectivity index (χ4n) is 1.36. The van der Waals surface area contributed by atoms with Crippen molar-refractivity contribution >= 4 is 17.2 Å². The van der Waals surface area contributed by atoms with Gasteiger partial charge in [-0.15, -0.1) is 0 Å². The first-order valence-electron chi connectivity index (χ1n) is 4.17. The Morgan fingerprint density at radius 2 is 2.13 bits per heavy atom. The Bertz CT molecular complexity index is 589. The van der Waals surface area contributed by atoms with Crippen molar-refractivity contribution in [1.82, 2.24) is 4.73 Å². The van der Waals surface area contributed by atoms with Gasteiger partial charge < -0.3 is 10.4 Å². The van der Waals surface area contributed by atoms with Crippen molar-refractivity contribution in [2.45, 2.75) is 0 Å².